The highest BCUT2D eigenvalue weighted by molar-refractivity contribution is 7.45. The number of phosphoric ester groups is 1. The van der Waals surface area contributed by atoms with Gasteiger partial charge in [-0.05, 0) is 77.0 Å². The predicted molar refractivity (Wildman–Crippen MR) is 437 cm³/mol. The van der Waals surface area contributed by atoms with Crippen LogP contribution in [0.5, 0.6) is 0 Å². The molecule has 0 aromatic carbocycles. The van der Waals surface area contributed by atoms with Crippen LogP contribution in [0.2, 0.25) is 0 Å². The maximum atomic E-state index is 14.1. The fraction of sp³-hybridized carbons (Fsp3) is 0.861. The molecule has 4 heterocycles. The zero-order valence-corrected chi connectivity index (χ0v) is 73.4. The number of amides is 11. The summed E-state index contributed by atoms with van der Waals surface area (Å²) >= 11 is 0. The van der Waals surface area contributed by atoms with Gasteiger partial charge in [0.25, 0.3) is 7.82 Å². The molecule has 0 aromatic heterocycles. The Morgan fingerprint density at radius 3 is 1.01 bits per heavy atom. The molecule has 4 rings (SSSR count). The summed E-state index contributed by atoms with van der Waals surface area (Å²) < 4.78 is 73.2. The lowest BCUT2D eigenvalue weighted by Gasteiger charge is -2.42. The zero-order valence-electron chi connectivity index (χ0n) is 72.5. The van der Waals surface area contributed by atoms with Crippen molar-refractivity contribution in [3.63, 3.8) is 0 Å². The molecule has 0 saturated carbocycles. The molecule has 4 aliphatic heterocycles. The summed E-state index contributed by atoms with van der Waals surface area (Å²) in [6.45, 7) is 1.73. The number of likely N-dealkylation sites (tertiary alicyclic amines) is 1. The number of rotatable bonds is 67. The molecule has 4 fully saturated rings. The van der Waals surface area contributed by atoms with Crippen molar-refractivity contribution in [2.75, 3.05) is 139 Å². The number of ether oxygens (including phenoxy) is 9. The van der Waals surface area contributed by atoms with Crippen LogP contribution in [0.25, 0.3) is 0 Å². The highest BCUT2D eigenvalue weighted by Gasteiger charge is 2.48. The molecule has 11 amide bonds. The Hall–Kier alpha value is -6.48. The number of carbonyl (C=O) groups is 11. The van der Waals surface area contributed by atoms with Crippen LogP contribution in [-0.4, -0.2) is 369 Å². The second-order valence-corrected chi connectivity index (χ2v) is 33.0. The number of hydrogen-bond acceptors (Lipinski definition) is 34. The fourth-order valence-corrected chi connectivity index (χ4v) is 14.5. The minimum Gasteiger partial charge on any atom is -0.756 e. The Morgan fingerprint density at radius 2 is 0.696 bits per heavy atom. The van der Waals surface area contributed by atoms with Gasteiger partial charge in [-0.3, -0.25) is 57.3 Å². The molecular weight excluding hydrogens is 1680 g/mol. The molecule has 0 aliphatic carbocycles. The van der Waals surface area contributed by atoms with E-state index in [0.717, 1.165) is 39.2 Å². The summed E-state index contributed by atoms with van der Waals surface area (Å²) in [7, 11) is -3.56. The van der Waals surface area contributed by atoms with Crippen molar-refractivity contribution in [3.05, 3.63) is 0 Å². The maximum absolute atomic E-state index is 14.1. The first kappa shape index (κ1) is 111. The quantitative estimate of drug-likeness (QED) is 0.0199. The van der Waals surface area contributed by atoms with Crippen LogP contribution in [0.3, 0.4) is 0 Å². The average molecular weight is 1820 g/mol. The highest BCUT2D eigenvalue weighted by atomic mass is 31.2. The van der Waals surface area contributed by atoms with Gasteiger partial charge in [0.05, 0.1) is 78.2 Å². The Labute approximate surface area is 729 Å². The first-order valence-electron chi connectivity index (χ1n) is 43.4. The van der Waals surface area contributed by atoms with E-state index in [-0.39, 0.29) is 193 Å². The highest BCUT2D eigenvalue weighted by Crippen LogP contribution is 2.38. The zero-order chi connectivity index (χ0) is 92.1. The summed E-state index contributed by atoms with van der Waals surface area (Å²) in [6, 6.07) is -3.94. The van der Waals surface area contributed by atoms with Gasteiger partial charge in [-0.15, -0.1) is 0 Å². The van der Waals surface area contributed by atoms with E-state index < -0.39 is 179 Å². The lowest BCUT2D eigenvalue weighted by molar-refractivity contribution is -0.270. The first-order chi connectivity index (χ1) is 59.8. The molecule has 45 nitrogen and oxygen atoms in total. The van der Waals surface area contributed by atoms with Crippen LogP contribution < -0.4 is 58.1 Å². The fourth-order valence-electron chi connectivity index (χ4n) is 14.0. The average Bonchev–Trinajstić information content (AvgIpc) is 1.57. The minimum absolute atomic E-state index is 0.0636. The molecular formula is C79H141N11O34P-. The molecule has 4 saturated heterocycles. The van der Waals surface area contributed by atoms with E-state index in [4.69, 9.17) is 47.2 Å². The van der Waals surface area contributed by atoms with Gasteiger partial charge in [-0.2, -0.15) is 0 Å². The third-order valence-electron chi connectivity index (χ3n) is 20.9. The van der Waals surface area contributed by atoms with Crippen LogP contribution in [0.15, 0.2) is 0 Å². The second kappa shape index (κ2) is 62.7. The first-order valence-corrected chi connectivity index (χ1v) is 44.9. The van der Waals surface area contributed by atoms with E-state index in [2.05, 4.69) is 57.7 Å². The minimum atomic E-state index is -4.53. The third-order valence-corrected chi connectivity index (χ3v) is 21.8. The van der Waals surface area contributed by atoms with Crippen molar-refractivity contribution in [2.24, 2.45) is 0 Å². The molecule has 722 valence electrons. The second-order valence-electron chi connectivity index (χ2n) is 31.5. The lowest BCUT2D eigenvalue weighted by Crippen LogP contribution is -2.64. The van der Waals surface area contributed by atoms with Crippen LogP contribution in [0.4, 0.5) is 0 Å². The molecule has 46 heteroatoms. The van der Waals surface area contributed by atoms with Crippen LogP contribution in [-0.2, 0) is 109 Å². The Kier molecular flexibility index (Phi) is 55.6. The van der Waals surface area contributed by atoms with Gasteiger partial charge in [0.1, 0.15) is 78.6 Å². The summed E-state index contributed by atoms with van der Waals surface area (Å²) in [4.78, 5) is 153. The number of phosphoric acid groups is 1. The van der Waals surface area contributed by atoms with Crippen molar-refractivity contribution >= 4 is 72.8 Å². The summed E-state index contributed by atoms with van der Waals surface area (Å²) in [5.41, 5.74) is -1.46. The summed E-state index contributed by atoms with van der Waals surface area (Å²) in [5.74, 6) is -4.11. The molecule has 125 heavy (non-hydrogen) atoms. The molecule has 4 aliphatic rings. The van der Waals surface area contributed by atoms with Gasteiger partial charge in [0.15, 0.2) is 18.9 Å². The van der Waals surface area contributed by atoms with Crippen molar-refractivity contribution in [2.45, 2.75) is 297 Å². The topological polar surface area (TPSA) is 655 Å². The van der Waals surface area contributed by atoms with Gasteiger partial charge >= 0.3 is 0 Å². The molecule has 0 spiro atoms. The Balaban J connectivity index is 1.31. The number of nitrogens with one attached hydrogen (secondary N) is 10. The Bertz CT molecular complexity index is 2980. The summed E-state index contributed by atoms with van der Waals surface area (Å²) in [6.07, 6.45) is -7.00. The van der Waals surface area contributed by atoms with Crippen molar-refractivity contribution in [3.8, 4) is 0 Å². The molecule has 0 radical (unpaired) electrons. The van der Waals surface area contributed by atoms with Gasteiger partial charge in [-0.25, -0.2) is 0 Å². The van der Waals surface area contributed by atoms with Crippen LogP contribution in [0, 0.1) is 0 Å². The van der Waals surface area contributed by atoms with Gasteiger partial charge in [-0.1, -0.05) is 38.5 Å². The van der Waals surface area contributed by atoms with Gasteiger partial charge in [0, 0.05) is 145 Å². The van der Waals surface area contributed by atoms with E-state index in [9.17, 15) is 113 Å². The van der Waals surface area contributed by atoms with E-state index in [1.165, 1.54) is 25.7 Å². The number of carbonyl (C=O) groups excluding carboxylic acids is 11. The normalized spacial score (nSPS) is 25.2. The van der Waals surface area contributed by atoms with E-state index in [1.807, 2.05) is 0 Å². The van der Waals surface area contributed by atoms with Crippen molar-refractivity contribution < 1.29 is 165 Å². The molecule has 16 unspecified atom stereocenters. The van der Waals surface area contributed by atoms with Gasteiger partial charge < -0.3 is 166 Å². The van der Waals surface area contributed by atoms with E-state index >= 15 is 0 Å². The van der Waals surface area contributed by atoms with Crippen molar-refractivity contribution in [1.29, 1.82) is 0 Å². The maximum Gasteiger partial charge on any atom is 0.267 e. The Morgan fingerprint density at radius 1 is 0.400 bits per heavy atom. The number of unbranched alkanes of at least 4 members (excludes halogenated alkanes) is 10. The number of hydrogen-bond donors (Lipinski definition) is 20. The number of aliphatic hydroxyl groups excluding tert-OH is 10. The largest absolute Gasteiger partial charge is 0.756 e. The monoisotopic (exact) mass is 1820 g/mol. The van der Waals surface area contributed by atoms with Crippen LogP contribution >= 0.6 is 7.82 Å². The smallest absolute Gasteiger partial charge is 0.267 e. The SMILES string of the molecule is COP(=O)([O-])OC[C@@H]1C[C@@H](O)CN1C(=O)CCCCCCCCCCC(=O)NC(COCCC(=O)NCCCNC(=O)CCCCOC1OC(CO)C(O)C(O)C1NC(C)=O)(COCCC(=O)NCCCNC(=O)CCCCOC1OC(CO)C(O)C(O)C1NC(C)=O)COCCC(=O)NCCCNC(=O)CCCCOC1OC(CO)C(O)C(O)C1NC(C)=O. The number of aliphatic hydroxyl groups is 10. The van der Waals surface area contributed by atoms with Gasteiger partial charge in [0.2, 0.25) is 65.0 Å². The van der Waals surface area contributed by atoms with E-state index in [1.54, 1.807) is 0 Å². The molecule has 20 N–H and O–H groups in total. The molecule has 18 atom stereocenters. The van der Waals surface area contributed by atoms with Crippen LogP contribution in [0.1, 0.15) is 188 Å². The standard InChI is InChI=1S/C79H142N11O34P/c1-51(94)86-67-73(109)70(106)56(44-91)122-76(67)118-36-16-13-22-59(98)80-30-19-33-83-62(101)27-39-115-48-79(89-65(104)25-11-9-7-5-6-8-10-12-26-66(105)90-43-55(97)42-54(90)47-121-125(112,113)114-4,49-116-40-28-63(102)84-34-20-31-81-60(99)23-14-17-37-119-77-68(87-52(2)95)74(110)71(107)57(45-92)123-77)50-117-41-29-64(103)85-35-21-32-82-61(100)24-15-18-38-120-78-69(88-53(3)96)75(111)72(108)58(46-93)124-78/h54-58,67-78,91-93,97,106-111H,5-50H2,1-4H3,(H,80,98)(H,81,99)(H,82,100)(H,83,101)(H,84,102)(H,85,103)(H,86,94)(H,87,95)(H,88,96)(H,89,104)(H,112,113)/p-1/t54-,55+,56?,57?,58?,67?,68?,69?,70?,71?,72?,73?,74?,75?,76?,77?,78?,79?/m0/s1. The predicted octanol–water partition coefficient (Wildman–Crippen LogP) is -5.69. The number of nitrogens with zero attached hydrogens (tertiary/aromatic N) is 1. The lowest BCUT2D eigenvalue weighted by atomic mass is 9.97. The summed E-state index contributed by atoms with van der Waals surface area (Å²) in [5, 5.41) is 129. The molecule has 0 aromatic rings. The van der Waals surface area contributed by atoms with Crippen molar-refractivity contribution in [1.82, 2.24) is 58.1 Å². The van der Waals surface area contributed by atoms with E-state index in [0.29, 0.717) is 77.0 Å². The molecule has 0 bridgehead atoms. The number of β-amino-alcohol motifs (C(OH)–C–C–N with tert-alkyl or cyclic N) is 1. The third kappa shape index (κ3) is 45.1.